The number of rotatable bonds is 11. The Hall–Kier alpha value is -4.07. The molecule has 7 nitrogen and oxygen atoms in total. The van der Waals surface area contributed by atoms with Crippen LogP contribution in [-0.4, -0.2) is 48.9 Å². The van der Waals surface area contributed by atoms with Crippen LogP contribution in [0.1, 0.15) is 27.4 Å². The summed E-state index contributed by atoms with van der Waals surface area (Å²) in [4.78, 5) is 29.8. The number of halogens is 1. The zero-order valence-electron chi connectivity index (χ0n) is 20.1. The molecule has 0 saturated heterocycles. The van der Waals surface area contributed by atoms with Gasteiger partial charge in [-0.05, 0) is 48.9 Å². The fourth-order valence-electron chi connectivity index (χ4n) is 3.58. The van der Waals surface area contributed by atoms with E-state index in [2.05, 4.69) is 6.58 Å². The molecule has 0 N–H and O–H groups in total. The number of benzene rings is 2. The fourth-order valence-corrected chi connectivity index (χ4v) is 3.58. The van der Waals surface area contributed by atoms with E-state index in [1.54, 1.807) is 47.4 Å². The van der Waals surface area contributed by atoms with E-state index in [0.29, 0.717) is 22.8 Å². The molecule has 0 bridgehead atoms. The summed E-state index contributed by atoms with van der Waals surface area (Å²) < 4.78 is 29.6. The van der Waals surface area contributed by atoms with E-state index in [0.717, 1.165) is 11.3 Å². The van der Waals surface area contributed by atoms with E-state index in [4.69, 9.17) is 13.9 Å². The molecule has 0 fully saturated rings. The number of aryl methyl sites for hydroxylation is 1. The van der Waals surface area contributed by atoms with E-state index in [1.807, 2.05) is 13.0 Å². The molecule has 1 aromatic heterocycles. The quantitative estimate of drug-likeness (QED) is 0.375. The van der Waals surface area contributed by atoms with Crippen LogP contribution < -0.4 is 9.47 Å². The normalized spacial score (nSPS) is 10.5. The van der Waals surface area contributed by atoms with Crippen molar-refractivity contribution in [2.45, 2.75) is 20.0 Å². The van der Waals surface area contributed by atoms with Crippen molar-refractivity contribution in [1.82, 2.24) is 9.80 Å². The monoisotopic (exact) mass is 480 g/mol. The number of amides is 2. The number of hydrogen-bond acceptors (Lipinski definition) is 5. The van der Waals surface area contributed by atoms with Gasteiger partial charge >= 0.3 is 0 Å². The third-order valence-corrected chi connectivity index (χ3v) is 5.38. The molecule has 0 spiro atoms. The highest BCUT2D eigenvalue weighted by molar-refractivity contribution is 5.99. The third-order valence-electron chi connectivity index (χ3n) is 5.38. The molecule has 184 valence electrons. The van der Waals surface area contributed by atoms with Crippen molar-refractivity contribution in [3.63, 3.8) is 0 Å². The van der Waals surface area contributed by atoms with E-state index in [9.17, 15) is 14.0 Å². The van der Waals surface area contributed by atoms with Crippen LogP contribution in [0.2, 0.25) is 0 Å². The summed E-state index contributed by atoms with van der Waals surface area (Å²) in [5, 5.41) is 0. The van der Waals surface area contributed by atoms with Crippen molar-refractivity contribution in [2.24, 2.45) is 0 Å². The van der Waals surface area contributed by atoms with Gasteiger partial charge in [0.25, 0.3) is 5.91 Å². The van der Waals surface area contributed by atoms with Crippen molar-refractivity contribution in [3.05, 3.63) is 95.7 Å². The Morgan fingerprint density at radius 1 is 1.00 bits per heavy atom. The van der Waals surface area contributed by atoms with Gasteiger partial charge in [0.15, 0.2) is 0 Å². The van der Waals surface area contributed by atoms with Crippen LogP contribution in [-0.2, 0) is 17.9 Å². The first kappa shape index (κ1) is 25.6. The van der Waals surface area contributed by atoms with Crippen molar-refractivity contribution in [2.75, 3.05) is 27.3 Å². The molecule has 0 saturated carbocycles. The molecule has 1 heterocycles. The Morgan fingerprint density at radius 3 is 2.34 bits per heavy atom. The highest BCUT2D eigenvalue weighted by Gasteiger charge is 2.25. The second kappa shape index (κ2) is 11.9. The summed E-state index contributed by atoms with van der Waals surface area (Å²) in [5.41, 5.74) is 1.05. The van der Waals surface area contributed by atoms with Gasteiger partial charge in [0.1, 0.15) is 35.4 Å². The zero-order valence-corrected chi connectivity index (χ0v) is 20.1. The summed E-state index contributed by atoms with van der Waals surface area (Å²) in [7, 11) is 2.99. The molecule has 35 heavy (non-hydrogen) atoms. The number of ether oxygens (including phenoxy) is 2. The molecule has 0 atom stereocenters. The van der Waals surface area contributed by atoms with Gasteiger partial charge in [0, 0.05) is 19.2 Å². The van der Waals surface area contributed by atoms with Crippen LogP contribution in [0.5, 0.6) is 11.5 Å². The molecular formula is C27H29FN2O5. The molecule has 0 aliphatic carbocycles. The van der Waals surface area contributed by atoms with E-state index in [1.165, 1.54) is 31.3 Å². The lowest BCUT2D eigenvalue weighted by molar-refractivity contribution is -0.133. The van der Waals surface area contributed by atoms with E-state index in [-0.39, 0.29) is 43.8 Å². The summed E-state index contributed by atoms with van der Waals surface area (Å²) >= 11 is 0. The van der Waals surface area contributed by atoms with Gasteiger partial charge in [-0.2, -0.15) is 0 Å². The molecule has 2 aromatic carbocycles. The Kier molecular flexibility index (Phi) is 8.67. The predicted octanol–water partition coefficient (Wildman–Crippen LogP) is 4.60. The highest BCUT2D eigenvalue weighted by Crippen LogP contribution is 2.26. The van der Waals surface area contributed by atoms with Gasteiger partial charge in [-0.25, -0.2) is 4.39 Å². The largest absolute Gasteiger partial charge is 0.497 e. The number of methoxy groups -OCH3 is 2. The molecule has 0 radical (unpaired) electrons. The Balaban J connectivity index is 1.84. The summed E-state index contributed by atoms with van der Waals surface area (Å²) in [6, 6.07) is 14.4. The Morgan fingerprint density at radius 2 is 1.74 bits per heavy atom. The molecular weight excluding hydrogens is 451 g/mol. The van der Waals surface area contributed by atoms with E-state index >= 15 is 0 Å². The van der Waals surface area contributed by atoms with Crippen molar-refractivity contribution in [3.8, 4) is 11.5 Å². The first-order valence-electron chi connectivity index (χ1n) is 11.0. The van der Waals surface area contributed by atoms with Crippen molar-refractivity contribution in [1.29, 1.82) is 0 Å². The zero-order chi connectivity index (χ0) is 25.4. The average molecular weight is 481 g/mol. The number of carbonyl (C=O) groups is 2. The SMILES string of the molecule is C=CCN(CC(=O)N(Cc1ccc(F)cc1)Cc1ccc(C)o1)C(=O)c1ccc(OC)cc1OC. The minimum Gasteiger partial charge on any atom is -0.497 e. The van der Waals surface area contributed by atoms with E-state index < -0.39 is 0 Å². The second-order valence-corrected chi connectivity index (χ2v) is 7.93. The Bertz CT molecular complexity index is 1170. The van der Waals surface area contributed by atoms with Gasteiger partial charge in [0.05, 0.1) is 26.3 Å². The minimum atomic E-state index is -0.381. The van der Waals surface area contributed by atoms with Crippen LogP contribution in [0.25, 0.3) is 0 Å². The maximum Gasteiger partial charge on any atom is 0.258 e. The van der Waals surface area contributed by atoms with Crippen molar-refractivity contribution < 1.29 is 27.9 Å². The molecule has 3 rings (SSSR count). The molecule has 0 aliphatic heterocycles. The van der Waals surface area contributed by atoms with Gasteiger partial charge in [0.2, 0.25) is 5.91 Å². The Labute approximate surface area is 204 Å². The molecule has 0 unspecified atom stereocenters. The fraction of sp³-hybridized carbons (Fsp3) is 0.259. The van der Waals surface area contributed by atoms with Crippen LogP contribution >= 0.6 is 0 Å². The highest BCUT2D eigenvalue weighted by atomic mass is 19.1. The standard InChI is InChI=1S/C27H29FN2O5/c1-5-14-29(27(32)24-13-12-22(33-3)15-25(24)34-4)18-26(31)30(17-23-11-6-19(2)35-23)16-20-7-9-21(28)10-8-20/h5-13,15H,1,14,16-18H2,2-4H3. The third kappa shape index (κ3) is 6.72. The van der Waals surface area contributed by atoms with Crippen LogP contribution in [0.15, 0.2) is 71.7 Å². The second-order valence-electron chi connectivity index (χ2n) is 7.93. The first-order valence-corrected chi connectivity index (χ1v) is 11.0. The number of hydrogen-bond donors (Lipinski definition) is 0. The molecule has 8 heteroatoms. The number of nitrogens with zero attached hydrogens (tertiary/aromatic N) is 2. The lowest BCUT2D eigenvalue weighted by atomic mass is 10.1. The van der Waals surface area contributed by atoms with Crippen molar-refractivity contribution >= 4 is 11.8 Å². The van der Waals surface area contributed by atoms with Crippen LogP contribution in [0.3, 0.4) is 0 Å². The smallest absolute Gasteiger partial charge is 0.258 e. The average Bonchev–Trinajstić information content (AvgIpc) is 3.28. The van der Waals surface area contributed by atoms with Gasteiger partial charge in [-0.15, -0.1) is 6.58 Å². The molecule has 2 amide bonds. The lowest BCUT2D eigenvalue weighted by Crippen LogP contribution is -2.42. The lowest BCUT2D eigenvalue weighted by Gasteiger charge is -2.27. The number of furan rings is 1. The van der Waals surface area contributed by atoms with Crippen LogP contribution in [0, 0.1) is 12.7 Å². The maximum atomic E-state index is 13.4. The molecule has 0 aliphatic rings. The topological polar surface area (TPSA) is 72.2 Å². The summed E-state index contributed by atoms with van der Waals surface area (Å²) in [6.45, 7) is 5.93. The number of carbonyl (C=O) groups excluding carboxylic acids is 2. The first-order chi connectivity index (χ1) is 16.8. The molecule has 3 aromatic rings. The van der Waals surface area contributed by atoms with Crippen LogP contribution in [0.4, 0.5) is 4.39 Å². The van der Waals surface area contributed by atoms with Gasteiger partial charge in [-0.1, -0.05) is 18.2 Å². The summed E-state index contributed by atoms with van der Waals surface area (Å²) in [5.74, 6) is 1.18. The predicted molar refractivity (Wildman–Crippen MR) is 130 cm³/mol. The summed E-state index contributed by atoms with van der Waals surface area (Å²) in [6.07, 6.45) is 1.56. The maximum absolute atomic E-state index is 13.4. The van der Waals surface area contributed by atoms with Gasteiger partial charge in [-0.3, -0.25) is 9.59 Å². The minimum absolute atomic E-state index is 0.157. The van der Waals surface area contributed by atoms with Gasteiger partial charge < -0.3 is 23.7 Å².